The summed E-state index contributed by atoms with van der Waals surface area (Å²) < 4.78 is 8.39. The molecule has 0 fully saturated rings. The number of fused-ring (bicyclic) bond motifs is 18. The molecule has 3 nitrogen and oxygen atoms in total. The lowest BCUT2D eigenvalue weighted by molar-refractivity contribution is 0.573. The summed E-state index contributed by atoms with van der Waals surface area (Å²) in [5, 5.41) is 14.4. The smallest absolute Gasteiger partial charge is 0.252 e. The van der Waals surface area contributed by atoms with E-state index in [1.165, 1.54) is 160 Å². The van der Waals surface area contributed by atoms with Crippen LogP contribution in [0.3, 0.4) is 0 Å². The van der Waals surface area contributed by atoms with Gasteiger partial charge in [0.2, 0.25) is 0 Å². The Bertz CT molecular complexity index is 5210. The summed E-state index contributed by atoms with van der Waals surface area (Å²) in [4.78, 5) is 0. The fraction of sp³-hybridized carbons (Fsp3) is 0.372. The Morgan fingerprint density at radius 3 is 1.31 bits per heavy atom. The van der Waals surface area contributed by atoms with Crippen molar-refractivity contribution in [3.63, 3.8) is 0 Å². The second kappa shape index (κ2) is 17.7. The van der Waals surface area contributed by atoms with Crippen molar-refractivity contribution in [3.05, 3.63) is 178 Å². The maximum absolute atomic E-state index is 3.27. The predicted molar refractivity (Wildman–Crippen MR) is 400 cm³/mol. The number of rotatable bonds is 1. The van der Waals surface area contributed by atoms with Crippen LogP contribution in [0.4, 0.5) is 0 Å². The van der Waals surface area contributed by atoms with Crippen LogP contribution in [0.1, 0.15) is 211 Å². The summed E-state index contributed by atoms with van der Waals surface area (Å²) in [5.41, 5.74) is 29.5. The zero-order chi connectivity index (χ0) is 64.8. The van der Waals surface area contributed by atoms with Crippen molar-refractivity contribution in [1.29, 1.82) is 0 Å². The Labute approximate surface area is 543 Å². The van der Waals surface area contributed by atoms with Crippen LogP contribution in [0, 0.1) is 0 Å². The third kappa shape index (κ3) is 7.80. The summed E-state index contributed by atoms with van der Waals surface area (Å²) in [6, 6.07) is 56.6. The molecule has 16 rings (SSSR count). The van der Waals surface area contributed by atoms with Crippen molar-refractivity contribution in [3.8, 4) is 28.2 Å². The van der Waals surface area contributed by atoms with Gasteiger partial charge in [-0.15, -0.1) is 0 Å². The lowest BCUT2D eigenvalue weighted by Gasteiger charge is -2.43. The first-order chi connectivity index (χ1) is 42.2. The maximum Gasteiger partial charge on any atom is 0.252 e. The molecule has 0 amide bonds. The summed E-state index contributed by atoms with van der Waals surface area (Å²) in [6.45, 7) is 57.8. The minimum absolute atomic E-state index is 0.0119. The van der Waals surface area contributed by atoms with Crippen LogP contribution in [-0.4, -0.2) is 28.5 Å². The minimum atomic E-state index is -3.27. The van der Waals surface area contributed by atoms with Gasteiger partial charge in [-0.3, -0.25) is 0 Å². The molecule has 12 aromatic rings. The largest absolute Gasteiger partial charge is 0.310 e. The van der Waals surface area contributed by atoms with E-state index in [9.17, 15) is 0 Å². The standard InChI is InChI=1S/C86H94BN3Si/c1-79(2,3)47-25-30-54(31-26-47)88-64-41-48(80(4,5)6)29-34-57(64)71-66(88)46-62-77-73(71)72-60(86(22,23)24)39-53(85(19,20)21)42-65(72)89(77)63-35-36-67-78-74(63)87(62)61-40-51(83(13,14)15)37-58-59-38-52(84(16,17)18)45-70(76(59)90(78)75(58)61)91(67)68-43-49(81(7,8)9)27-32-55(68)56-33-28-50(44-69(56)91)82(10,11)12/h25-46H,1-24H3. The van der Waals surface area contributed by atoms with Gasteiger partial charge < -0.3 is 13.7 Å². The highest BCUT2D eigenvalue weighted by atomic mass is 28.3. The summed E-state index contributed by atoms with van der Waals surface area (Å²) in [5.74, 6) is 0. The molecule has 0 saturated heterocycles. The number of nitrogens with zero attached hydrogens (tertiary/aromatic N) is 3. The van der Waals surface area contributed by atoms with Crippen LogP contribution in [0.2, 0.25) is 0 Å². The van der Waals surface area contributed by atoms with Crippen LogP contribution in [0.15, 0.2) is 133 Å². The molecule has 5 heteroatoms. The van der Waals surface area contributed by atoms with E-state index >= 15 is 0 Å². The zero-order valence-corrected chi connectivity index (χ0v) is 60.1. The molecule has 3 aromatic heterocycles. The van der Waals surface area contributed by atoms with E-state index in [1.54, 1.807) is 15.6 Å². The van der Waals surface area contributed by atoms with Gasteiger partial charge in [0.15, 0.2) is 8.07 Å². The number of hydrogen-bond donors (Lipinski definition) is 0. The third-order valence-electron chi connectivity index (χ3n) is 22.4. The van der Waals surface area contributed by atoms with E-state index in [0.717, 1.165) is 0 Å². The van der Waals surface area contributed by atoms with E-state index in [0.29, 0.717) is 0 Å². The van der Waals surface area contributed by atoms with Crippen LogP contribution >= 0.6 is 0 Å². The number of aromatic nitrogens is 3. The van der Waals surface area contributed by atoms with Crippen molar-refractivity contribution in [2.75, 3.05) is 0 Å². The molecular weight excluding hydrogens is 1110 g/mol. The van der Waals surface area contributed by atoms with Gasteiger partial charge in [-0.1, -0.05) is 251 Å². The van der Waals surface area contributed by atoms with Gasteiger partial charge in [0.25, 0.3) is 6.71 Å². The first-order valence-electron chi connectivity index (χ1n) is 34.1. The van der Waals surface area contributed by atoms with Gasteiger partial charge in [0, 0.05) is 54.9 Å². The molecule has 9 aromatic carbocycles. The van der Waals surface area contributed by atoms with E-state index < -0.39 is 8.07 Å². The fourth-order valence-electron chi connectivity index (χ4n) is 17.2. The van der Waals surface area contributed by atoms with E-state index in [-0.39, 0.29) is 50.0 Å². The normalized spacial score (nSPS) is 15.3. The summed E-state index contributed by atoms with van der Waals surface area (Å²) in [6.07, 6.45) is 0. The molecule has 0 N–H and O–H groups in total. The summed E-state index contributed by atoms with van der Waals surface area (Å²) >= 11 is 0. The second-order valence-corrected chi connectivity index (χ2v) is 40.4. The average molecular weight is 1210 g/mol. The van der Waals surface area contributed by atoms with Crippen molar-refractivity contribution in [1.82, 2.24) is 13.7 Å². The predicted octanol–water partition coefficient (Wildman–Crippen LogP) is 18.2. The van der Waals surface area contributed by atoms with Gasteiger partial charge in [-0.25, -0.2) is 0 Å². The highest BCUT2D eigenvalue weighted by Gasteiger charge is 2.57. The van der Waals surface area contributed by atoms with Crippen molar-refractivity contribution < 1.29 is 0 Å². The topological polar surface area (TPSA) is 14.8 Å². The van der Waals surface area contributed by atoms with Gasteiger partial charge in [-0.2, -0.15) is 0 Å². The number of hydrogen-bond acceptors (Lipinski definition) is 0. The molecule has 0 aliphatic carbocycles. The quantitative estimate of drug-likeness (QED) is 0.146. The second-order valence-electron chi connectivity index (χ2n) is 36.8. The molecule has 1 spiro atoms. The Morgan fingerprint density at radius 2 is 0.758 bits per heavy atom. The van der Waals surface area contributed by atoms with Crippen LogP contribution in [-0.2, 0) is 43.3 Å². The minimum Gasteiger partial charge on any atom is -0.310 e. The zero-order valence-electron chi connectivity index (χ0n) is 59.1. The van der Waals surface area contributed by atoms with E-state index in [4.69, 9.17) is 0 Å². The van der Waals surface area contributed by atoms with Crippen LogP contribution in [0.5, 0.6) is 0 Å². The molecule has 0 radical (unpaired) electrons. The monoisotopic (exact) mass is 1210 g/mol. The van der Waals surface area contributed by atoms with Crippen molar-refractivity contribution in [2.45, 2.75) is 209 Å². The van der Waals surface area contributed by atoms with Gasteiger partial charge in [-0.05, 0) is 185 Å². The first-order valence-corrected chi connectivity index (χ1v) is 36.1. The maximum atomic E-state index is 2.88. The SMILES string of the molecule is CC(C)(C)c1ccc(-n2c3cc(C(C)(C)C)ccc3c3c4c5c(C(C)(C)C)cc(C(C)(C)C)cc5n5c4c(cc32)B2c3c-5ccc4c3-n3c5c2cc(C(C)(C)C)cc5c2cc(C(C)(C)C)cc(c23)[Si]42c3cc(C(C)(C)C)ccc3-c3ccc(C(C)(C)C)cc32)cc1. The molecule has 4 aliphatic rings. The van der Waals surface area contributed by atoms with Crippen molar-refractivity contribution in [2.24, 2.45) is 0 Å². The van der Waals surface area contributed by atoms with Gasteiger partial charge in [0.05, 0.1) is 27.6 Å². The molecule has 0 bridgehead atoms. The van der Waals surface area contributed by atoms with Gasteiger partial charge >= 0.3 is 0 Å². The van der Waals surface area contributed by atoms with Gasteiger partial charge in [0.1, 0.15) is 0 Å². The Hall–Kier alpha value is -7.34. The molecule has 0 atom stereocenters. The van der Waals surface area contributed by atoms with E-state index in [2.05, 4.69) is 313 Å². The molecule has 7 heterocycles. The van der Waals surface area contributed by atoms with Crippen LogP contribution < -0.4 is 37.1 Å². The lowest BCUT2D eigenvalue weighted by atomic mass is 9.34. The number of benzene rings is 9. The molecule has 460 valence electrons. The highest BCUT2D eigenvalue weighted by molar-refractivity contribution is 7.24. The molecule has 91 heavy (non-hydrogen) atoms. The highest BCUT2D eigenvalue weighted by Crippen LogP contribution is 2.51. The molecular formula is C86H94BN3Si. The Morgan fingerprint density at radius 1 is 0.297 bits per heavy atom. The Kier molecular flexibility index (Phi) is 11.4. The molecule has 0 unspecified atom stereocenters. The van der Waals surface area contributed by atoms with Crippen molar-refractivity contribution >= 4 is 117 Å². The average Bonchev–Trinajstić information content (AvgIpc) is 1.52. The fourth-order valence-corrected chi connectivity index (χ4v) is 22.8. The van der Waals surface area contributed by atoms with E-state index in [1.807, 2.05) is 0 Å². The lowest BCUT2D eigenvalue weighted by Crippen LogP contribution is -2.77. The Balaban J connectivity index is 1.19. The molecule has 0 saturated carbocycles. The first kappa shape index (κ1) is 58.7. The third-order valence-corrected chi connectivity index (χ3v) is 27.2. The van der Waals surface area contributed by atoms with Crippen LogP contribution in [0.25, 0.3) is 93.6 Å². The molecule has 4 aliphatic heterocycles. The summed E-state index contributed by atoms with van der Waals surface area (Å²) in [7, 11) is -3.27.